The number of rotatable bonds is 3. The van der Waals surface area contributed by atoms with E-state index in [1.54, 1.807) is 12.4 Å². The molecule has 2 N–H and O–H groups in total. The first-order valence-corrected chi connectivity index (χ1v) is 6.71. The molecule has 1 aliphatic rings. The zero-order valence-electron chi connectivity index (χ0n) is 11.9. The lowest BCUT2D eigenvalue weighted by Gasteiger charge is -2.33. The van der Waals surface area contributed by atoms with Crippen molar-refractivity contribution in [3.05, 3.63) is 18.5 Å². The molecule has 1 saturated heterocycles. The molecule has 1 atom stereocenters. The first-order chi connectivity index (χ1) is 9.03. The zero-order valence-corrected chi connectivity index (χ0v) is 11.9. The van der Waals surface area contributed by atoms with Crippen LogP contribution in [0.3, 0.4) is 0 Å². The highest BCUT2D eigenvalue weighted by Crippen LogP contribution is 2.25. The Labute approximate surface area is 114 Å². The number of piperidine rings is 1. The standard InChI is InChI=1S/C14H22N4O/c1-14(7-4-5-8-16-14)13(19)17-11-10-15-9-6-12(11)18(2)3/h6,9-10,16H,4-5,7-8H2,1-3H3,(H,17,19). The number of pyridine rings is 1. The number of carbonyl (C=O) groups excluding carboxylic acids is 1. The third-order valence-corrected chi connectivity index (χ3v) is 3.65. The van der Waals surface area contributed by atoms with Gasteiger partial charge in [0, 0.05) is 20.3 Å². The summed E-state index contributed by atoms with van der Waals surface area (Å²) < 4.78 is 0. The largest absolute Gasteiger partial charge is 0.376 e. The Kier molecular flexibility index (Phi) is 4.04. The van der Waals surface area contributed by atoms with E-state index in [4.69, 9.17) is 0 Å². The van der Waals surface area contributed by atoms with Gasteiger partial charge < -0.3 is 15.5 Å². The predicted molar refractivity (Wildman–Crippen MR) is 77.5 cm³/mol. The van der Waals surface area contributed by atoms with E-state index in [2.05, 4.69) is 15.6 Å². The summed E-state index contributed by atoms with van der Waals surface area (Å²) in [6.07, 6.45) is 6.52. The minimum Gasteiger partial charge on any atom is -0.376 e. The van der Waals surface area contributed by atoms with Gasteiger partial charge in [0.1, 0.15) is 0 Å². The van der Waals surface area contributed by atoms with Crippen LogP contribution in [0.4, 0.5) is 11.4 Å². The van der Waals surface area contributed by atoms with Gasteiger partial charge in [-0.2, -0.15) is 0 Å². The number of nitrogens with one attached hydrogen (secondary N) is 2. The first-order valence-electron chi connectivity index (χ1n) is 6.71. The van der Waals surface area contributed by atoms with Crippen molar-refractivity contribution in [1.29, 1.82) is 0 Å². The molecule has 104 valence electrons. The van der Waals surface area contributed by atoms with Crippen LogP contribution in [0, 0.1) is 0 Å². The minimum absolute atomic E-state index is 0.0169. The molecule has 1 aromatic rings. The van der Waals surface area contributed by atoms with Crippen molar-refractivity contribution in [3.8, 4) is 0 Å². The van der Waals surface area contributed by atoms with Crippen molar-refractivity contribution in [1.82, 2.24) is 10.3 Å². The number of nitrogens with zero attached hydrogens (tertiary/aromatic N) is 2. The SMILES string of the molecule is CN(C)c1ccncc1NC(=O)C1(C)CCCCN1. The van der Waals surface area contributed by atoms with Crippen molar-refractivity contribution in [2.24, 2.45) is 0 Å². The maximum atomic E-state index is 12.4. The third kappa shape index (κ3) is 3.04. The highest BCUT2D eigenvalue weighted by atomic mass is 16.2. The monoisotopic (exact) mass is 262 g/mol. The molecule has 5 nitrogen and oxygen atoms in total. The van der Waals surface area contributed by atoms with E-state index in [-0.39, 0.29) is 5.91 Å². The molecular formula is C14H22N4O. The lowest BCUT2D eigenvalue weighted by Crippen LogP contribution is -2.54. The number of amides is 1. The maximum Gasteiger partial charge on any atom is 0.244 e. The summed E-state index contributed by atoms with van der Waals surface area (Å²) in [6.45, 7) is 2.87. The molecule has 0 spiro atoms. The number of aromatic nitrogens is 1. The molecule has 1 aromatic heterocycles. The van der Waals surface area contributed by atoms with Gasteiger partial charge in [0.2, 0.25) is 5.91 Å². The fourth-order valence-corrected chi connectivity index (χ4v) is 2.38. The zero-order chi connectivity index (χ0) is 13.9. The quantitative estimate of drug-likeness (QED) is 0.869. The molecule has 1 fully saturated rings. The van der Waals surface area contributed by atoms with Crippen LogP contribution in [0.15, 0.2) is 18.5 Å². The first kappa shape index (κ1) is 13.8. The molecule has 0 aromatic carbocycles. The van der Waals surface area contributed by atoms with Crippen LogP contribution in [-0.4, -0.2) is 37.1 Å². The Morgan fingerprint density at radius 1 is 1.47 bits per heavy atom. The second-order valence-electron chi connectivity index (χ2n) is 5.46. The summed E-state index contributed by atoms with van der Waals surface area (Å²) in [5, 5.41) is 6.31. The average Bonchev–Trinajstić information content (AvgIpc) is 2.40. The molecule has 1 unspecified atom stereocenters. The molecule has 0 aliphatic carbocycles. The van der Waals surface area contributed by atoms with Crippen LogP contribution in [0.5, 0.6) is 0 Å². The van der Waals surface area contributed by atoms with Crippen molar-refractivity contribution in [2.75, 3.05) is 30.9 Å². The number of carbonyl (C=O) groups is 1. The Hall–Kier alpha value is -1.62. The summed E-state index contributed by atoms with van der Waals surface area (Å²) in [7, 11) is 3.90. The minimum atomic E-state index is -0.475. The Morgan fingerprint density at radius 2 is 2.26 bits per heavy atom. The summed E-state index contributed by atoms with van der Waals surface area (Å²) in [6, 6.07) is 1.90. The van der Waals surface area contributed by atoms with E-state index in [9.17, 15) is 4.79 Å². The topological polar surface area (TPSA) is 57.3 Å². The Morgan fingerprint density at radius 3 is 2.89 bits per heavy atom. The summed E-state index contributed by atoms with van der Waals surface area (Å²) >= 11 is 0. The molecule has 5 heteroatoms. The maximum absolute atomic E-state index is 12.4. The van der Waals surface area contributed by atoms with Gasteiger partial charge in [0.25, 0.3) is 0 Å². The van der Waals surface area contributed by atoms with E-state index < -0.39 is 5.54 Å². The van der Waals surface area contributed by atoms with Crippen LogP contribution in [0.1, 0.15) is 26.2 Å². The molecule has 0 saturated carbocycles. The second kappa shape index (κ2) is 5.57. The van der Waals surface area contributed by atoms with Crippen LogP contribution in [0.25, 0.3) is 0 Å². The van der Waals surface area contributed by atoms with Gasteiger partial charge in [0.15, 0.2) is 0 Å². The number of hydrogen-bond acceptors (Lipinski definition) is 4. The second-order valence-corrected chi connectivity index (χ2v) is 5.46. The molecule has 0 radical (unpaired) electrons. The molecule has 1 aliphatic heterocycles. The molecule has 0 bridgehead atoms. The van der Waals surface area contributed by atoms with Crippen molar-refractivity contribution in [3.63, 3.8) is 0 Å². The van der Waals surface area contributed by atoms with E-state index in [0.717, 1.165) is 37.2 Å². The van der Waals surface area contributed by atoms with E-state index >= 15 is 0 Å². The van der Waals surface area contributed by atoms with E-state index in [1.807, 2.05) is 32.0 Å². The van der Waals surface area contributed by atoms with Crippen molar-refractivity contribution < 1.29 is 4.79 Å². The van der Waals surface area contributed by atoms with Gasteiger partial charge in [-0.25, -0.2) is 0 Å². The summed E-state index contributed by atoms with van der Waals surface area (Å²) in [5.41, 5.74) is 1.24. The van der Waals surface area contributed by atoms with Crippen LogP contribution < -0.4 is 15.5 Å². The van der Waals surface area contributed by atoms with Gasteiger partial charge >= 0.3 is 0 Å². The highest BCUT2D eigenvalue weighted by Gasteiger charge is 2.34. The molecule has 1 amide bonds. The fraction of sp³-hybridized carbons (Fsp3) is 0.571. The van der Waals surface area contributed by atoms with Crippen LogP contribution in [-0.2, 0) is 4.79 Å². The van der Waals surface area contributed by atoms with Gasteiger partial charge in [0.05, 0.1) is 23.1 Å². The molecule has 2 heterocycles. The Balaban J connectivity index is 2.14. The van der Waals surface area contributed by atoms with E-state index in [1.165, 1.54) is 0 Å². The smallest absolute Gasteiger partial charge is 0.244 e. The lowest BCUT2D eigenvalue weighted by atomic mass is 9.90. The summed E-state index contributed by atoms with van der Waals surface area (Å²) in [5.74, 6) is 0.0169. The molecule has 2 rings (SSSR count). The van der Waals surface area contributed by atoms with Gasteiger partial charge in [-0.3, -0.25) is 9.78 Å². The lowest BCUT2D eigenvalue weighted by molar-refractivity contribution is -0.122. The third-order valence-electron chi connectivity index (χ3n) is 3.65. The van der Waals surface area contributed by atoms with E-state index in [0.29, 0.717) is 0 Å². The normalized spacial score (nSPS) is 22.9. The van der Waals surface area contributed by atoms with Gasteiger partial charge in [-0.1, -0.05) is 0 Å². The number of hydrogen-bond donors (Lipinski definition) is 2. The van der Waals surface area contributed by atoms with Gasteiger partial charge in [-0.05, 0) is 38.8 Å². The number of anilines is 2. The van der Waals surface area contributed by atoms with Crippen LogP contribution >= 0.6 is 0 Å². The van der Waals surface area contributed by atoms with Gasteiger partial charge in [-0.15, -0.1) is 0 Å². The van der Waals surface area contributed by atoms with Crippen molar-refractivity contribution in [2.45, 2.75) is 31.7 Å². The fourth-order valence-electron chi connectivity index (χ4n) is 2.38. The molecular weight excluding hydrogens is 240 g/mol. The van der Waals surface area contributed by atoms with Crippen LogP contribution in [0.2, 0.25) is 0 Å². The summed E-state index contributed by atoms with van der Waals surface area (Å²) in [4.78, 5) is 18.5. The highest BCUT2D eigenvalue weighted by molar-refractivity contribution is 6.00. The average molecular weight is 262 g/mol. The molecule has 19 heavy (non-hydrogen) atoms. The predicted octanol–water partition coefficient (Wildman–Crippen LogP) is 1.62. The Bertz CT molecular complexity index is 453. The van der Waals surface area contributed by atoms with Crippen molar-refractivity contribution >= 4 is 17.3 Å².